The molecule has 2 aliphatic carbocycles. The lowest BCUT2D eigenvalue weighted by Gasteiger charge is -2.30. The Kier molecular flexibility index (Phi) is 0.976. The third kappa shape index (κ3) is 0.658. The van der Waals surface area contributed by atoms with Crippen molar-refractivity contribution in [1.29, 1.82) is 0 Å². The molecule has 0 aromatic carbocycles. The molecular weight excluding hydrogens is 134 g/mol. The lowest BCUT2D eigenvalue weighted by atomic mass is 9.79. The molecule has 3 fully saturated rings. The van der Waals surface area contributed by atoms with Crippen molar-refractivity contribution in [1.82, 2.24) is 4.90 Å². The molecule has 11 heavy (non-hydrogen) atoms. The smallest absolute Gasteiger partial charge is 0.0159 e. The third-order valence-corrected chi connectivity index (χ3v) is 4.29. The van der Waals surface area contributed by atoms with E-state index in [1.807, 2.05) is 0 Å². The highest BCUT2D eigenvalue weighted by atomic mass is 15.3. The Hall–Kier alpha value is -0.0400. The normalized spacial score (nSPS) is 61.1. The zero-order valence-electron chi connectivity index (χ0n) is 7.51. The fraction of sp³-hybridized carbons (Fsp3) is 1.00. The Bertz CT molecular complexity index is 197. The summed E-state index contributed by atoms with van der Waals surface area (Å²) < 4.78 is 0. The maximum Gasteiger partial charge on any atom is 0.0159 e. The standard InChI is InChI=1S/C10H17N/c1-7-3-8-5-10(4-7)6-9(10)11(8)2/h7-9H,3-6H2,1-2H3. The Morgan fingerprint density at radius 3 is 2.82 bits per heavy atom. The van der Waals surface area contributed by atoms with Crippen LogP contribution in [0.15, 0.2) is 0 Å². The van der Waals surface area contributed by atoms with Gasteiger partial charge in [-0.15, -0.1) is 0 Å². The molecule has 0 N–H and O–H groups in total. The molecule has 4 unspecified atom stereocenters. The predicted molar refractivity (Wildman–Crippen MR) is 45.4 cm³/mol. The molecule has 0 aromatic heterocycles. The molecule has 0 amide bonds. The second kappa shape index (κ2) is 1.66. The number of hydrogen-bond acceptors (Lipinski definition) is 1. The van der Waals surface area contributed by atoms with Crippen molar-refractivity contribution in [3.05, 3.63) is 0 Å². The first-order valence-electron chi connectivity index (χ1n) is 4.93. The maximum absolute atomic E-state index is 2.66. The number of piperidine rings is 1. The van der Waals surface area contributed by atoms with Gasteiger partial charge < -0.3 is 0 Å². The quantitative estimate of drug-likeness (QED) is 0.511. The maximum atomic E-state index is 2.66. The molecule has 2 bridgehead atoms. The summed E-state index contributed by atoms with van der Waals surface area (Å²) in [6, 6.07) is 1.95. The average molecular weight is 151 g/mol. The van der Waals surface area contributed by atoms with E-state index < -0.39 is 0 Å². The molecule has 0 aromatic rings. The minimum absolute atomic E-state index is 0.830. The highest BCUT2D eigenvalue weighted by Crippen LogP contribution is 2.65. The fourth-order valence-corrected chi connectivity index (χ4v) is 3.78. The van der Waals surface area contributed by atoms with E-state index in [2.05, 4.69) is 18.9 Å². The van der Waals surface area contributed by atoms with Gasteiger partial charge in [0.05, 0.1) is 0 Å². The van der Waals surface area contributed by atoms with E-state index in [1.54, 1.807) is 0 Å². The van der Waals surface area contributed by atoms with Crippen LogP contribution in [0.25, 0.3) is 0 Å². The molecule has 1 spiro atoms. The van der Waals surface area contributed by atoms with Crippen LogP contribution in [0.2, 0.25) is 0 Å². The molecule has 1 nitrogen and oxygen atoms in total. The van der Waals surface area contributed by atoms with Crippen LogP contribution in [-0.4, -0.2) is 24.0 Å². The van der Waals surface area contributed by atoms with Crippen molar-refractivity contribution in [3.8, 4) is 0 Å². The Morgan fingerprint density at radius 2 is 2.09 bits per heavy atom. The van der Waals surface area contributed by atoms with Crippen LogP contribution in [0, 0.1) is 11.3 Å². The zero-order chi connectivity index (χ0) is 7.64. The molecule has 4 atom stereocenters. The monoisotopic (exact) mass is 151 g/mol. The van der Waals surface area contributed by atoms with Gasteiger partial charge in [-0.25, -0.2) is 0 Å². The van der Waals surface area contributed by atoms with Gasteiger partial charge in [0.15, 0.2) is 0 Å². The molecular formula is C10H17N. The van der Waals surface area contributed by atoms with Gasteiger partial charge >= 0.3 is 0 Å². The van der Waals surface area contributed by atoms with Crippen LogP contribution >= 0.6 is 0 Å². The average Bonchev–Trinajstić information content (AvgIpc) is 2.55. The van der Waals surface area contributed by atoms with Crippen LogP contribution in [0.3, 0.4) is 0 Å². The summed E-state index contributed by atoms with van der Waals surface area (Å²) >= 11 is 0. The van der Waals surface area contributed by atoms with Crippen molar-refractivity contribution < 1.29 is 0 Å². The van der Waals surface area contributed by atoms with Crippen molar-refractivity contribution in [2.45, 2.75) is 44.7 Å². The Morgan fingerprint density at radius 1 is 1.27 bits per heavy atom. The van der Waals surface area contributed by atoms with E-state index in [4.69, 9.17) is 0 Å². The van der Waals surface area contributed by atoms with Gasteiger partial charge in [0.2, 0.25) is 0 Å². The van der Waals surface area contributed by atoms with Gasteiger partial charge in [-0.2, -0.15) is 0 Å². The summed E-state index contributed by atoms with van der Waals surface area (Å²) in [4.78, 5) is 2.66. The molecule has 62 valence electrons. The number of likely N-dealkylation sites (tertiary alicyclic amines) is 1. The van der Waals surface area contributed by atoms with E-state index in [9.17, 15) is 0 Å². The first kappa shape index (κ1) is 6.47. The summed E-state index contributed by atoms with van der Waals surface area (Å²) in [6.07, 6.45) is 6.04. The molecule has 3 aliphatic rings. The van der Waals surface area contributed by atoms with Crippen molar-refractivity contribution in [2.75, 3.05) is 7.05 Å². The highest BCUT2D eigenvalue weighted by Gasteiger charge is 2.65. The topological polar surface area (TPSA) is 3.24 Å². The molecule has 1 aliphatic heterocycles. The van der Waals surface area contributed by atoms with E-state index in [0.717, 1.165) is 23.4 Å². The van der Waals surface area contributed by atoms with Crippen LogP contribution in [0.4, 0.5) is 0 Å². The van der Waals surface area contributed by atoms with Crippen molar-refractivity contribution >= 4 is 0 Å². The van der Waals surface area contributed by atoms with Crippen molar-refractivity contribution in [3.63, 3.8) is 0 Å². The molecule has 1 heteroatoms. The van der Waals surface area contributed by atoms with Crippen molar-refractivity contribution in [2.24, 2.45) is 11.3 Å². The van der Waals surface area contributed by atoms with Gasteiger partial charge in [-0.05, 0) is 44.1 Å². The first-order valence-corrected chi connectivity index (χ1v) is 4.93. The van der Waals surface area contributed by atoms with Gasteiger partial charge in [0.1, 0.15) is 0 Å². The number of rotatable bonds is 0. The molecule has 3 rings (SSSR count). The molecule has 2 saturated carbocycles. The largest absolute Gasteiger partial charge is 0.300 e. The van der Waals surface area contributed by atoms with Gasteiger partial charge in [-0.1, -0.05) is 6.92 Å². The van der Waals surface area contributed by atoms with E-state index >= 15 is 0 Å². The third-order valence-electron chi connectivity index (χ3n) is 4.29. The summed E-state index contributed by atoms with van der Waals surface area (Å²) in [5.74, 6) is 1.00. The number of nitrogens with zero attached hydrogens (tertiary/aromatic N) is 1. The highest BCUT2D eigenvalue weighted by molar-refractivity contribution is 5.18. The van der Waals surface area contributed by atoms with Crippen LogP contribution in [-0.2, 0) is 0 Å². The molecule has 1 heterocycles. The number of hydrogen-bond donors (Lipinski definition) is 0. The zero-order valence-corrected chi connectivity index (χ0v) is 7.51. The van der Waals surface area contributed by atoms with Gasteiger partial charge in [0, 0.05) is 12.1 Å². The van der Waals surface area contributed by atoms with Crippen LogP contribution < -0.4 is 0 Å². The van der Waals surface area contributed by atoms with Crippen LogP contribution in [0.5, 0.6) is 0 Å². The molecule has 0 radical (unpaired) electrons. The Balaban J connectivity index is 1.93. The second-order valence-corrected chi connectivity index (χ2v) is 5.15. The second-order valence-electron chi connectivity index (χ2n) is 5.15. The Labute approximate surface area is 68.8 Å². The summed E-state index contributed by atoms with van der Waals surface area (Å²) in [5, 5.41) is 0. The lowest BCUT2D eigenvalue weighted by Crippen LogP contribution is -2.31. The van der Waals surface area contributed by atoms with Crippen LogP contribution in [0.1, 0.15) is 32.6 Å². The van der Waals surface area contributed by atoms with Gasteiger partial charge in [-0.3, -0.25) is 4.90 Å². The summed E-state index contributed by atoms with van der Waals surface area (Å²) in [6.45, 7) is 2.43. The fourth-order valence-electron chi connectivity index (χ4n) is 3.78. The lowest BCUT2D eigenvalue weighted by molar-refractivity contribution is 0.200. The minimum Gasteiger partial charge on any atom is -0.300 e. The van der Waals surface area contributed by atoms with E-state index in [-0.39, 0.29) is 0 Å². The first-order chi connectivity index (χ1) is 5.21. The van der Waals surface area contributed by atoms with E-state index in [0.29, 0.717) is 0 Å². The van der Waals surface area contributed by atoms with Gasteiger partial charge in [0.25, 0.3) is 0 Å². The number of fused-ring (bicyclic) bond motifs is 1. The summed E-state index contributed by atoms with van der Waals surface area (Å²) in [7, 11) is 2.34. The predicted octanol–water partition coefficient (Wildman–Crippen LogP) is 1.88. The minimum atomic E-state index is 0.830. The van der Waals surface area contributed by atoms with E-state index in [1.165, 1.54) is 25.7 Å². The summed E-state index contributed by atoms with van der Waals surface area (Å²) in [5.41, 5.74) is 0.830. The molecule has 1 saturated heterocycles. The SMILES string of the molecule is CC1CC2CC3(C1)CC3N2C.